The van der Waals surface area contributed by atoms with Crippen molar-refractivity contribution in [1.29, 1.82) is 0 Å². The molecule has 0 saturated carbocycles. The molecule has 0 fully saturated rings. The second-order valence-corrected chi connectivity index (χ2v) is 6.57. The van der Waals surface area contributed by atoms with Gasteiger partial charge in [0, 0.05) is 0 Å². The van der Waals surface area contributed by atoms with Gasteiger partial charge in [0.05, 0.1) is 10.5 Å². The number of halogens is 3. The first-order valence-corrected chi connectivity index (χ1v) is 7.24. The third kappa shape index (κ3) is 3.75. The number of benzene rings is 1. The molecule has 0 aliphatic heterocycles. The molecule has 122 valence electrons. The molecule has 10 heteroatoms. The van der Waals surface area contributed by atoms with Crippen LogP contribution >= 0.6 is 0 Å². The molecule has 0 atom stereocenters. The van der Waals surface area contributed by atoms with Gasteiger partial charge in [-0.2, -0.15) is 13.2 Å². The Bertz CT molecular complexity index is 710. The van der Waals surface area contributed by atoms with E-state index in [1.54, 1.807) is 0 Å². The highest BCUT2D eigenvalue weighted by Crippen LogP contribution is 2.30. The molecule has 0 saturated heterocycles. The molecule has 1 aromatic rings. The van der Waals surface area contributed by atoms with Gasteiger partial charge in [0.2, 0.25) is 0 Å². The maximum Gasteiger partial charge on any atom is 0.416 e. The molecule has 0 aliphatic carbocycles. The first kappa shape index (κ1) is 18.0. The van der Waals surface area contributed by atoms with Crippen LogP contribution in [0.15, 0.2) is 29.2 Å². The summed E-state index contributed by atoms with van der Waals surface area (Å²) in [5, 5.41) is 8.83. The quantitative estimate of drug-likeness (QED) is 0.812. The fourth-order valence-electron chi connectivity index (χ4n) is 1.25. The maximum atomic E-state index is 12.6. The lowest BCUT2D eigenvalue weighted by molar-refractivity contribution is -0.152. The molecule has 0 bridgehead atoms. The number of carboxylic acids is 1. The fraction of sp³-hybridized carbons (Fsp3) is 0.333. The summed E-state index contributed by atoms with van der Waals surface area (Å²) in [5.74, 6) is -2.94. The molecule has 1 aromatic carbocycles. The number of alkyl halides is 3. The van der Waals surface area contributed by atoms with E-state index in [4.69, 9.17) is 5.11 Å². The van der Waals surface area contributed by atoms with Crippen molar-refractivity contribution in [3.8, 4) is 0 Å². The van der Waals surface area contributed by atoms with Gasteiger partial charge in [-0.15, -0.1) is 0 Å². The Labute approximate surface area is 124 Å². The van der Waals surface area contributed by atoms with Crippen molar-refractivity contribution < 1.29 is 36.3 Å². The van der Waals surface area contributed by atoms with Crippen LogP contribution in [-0.4, -0.2) is 25.4 Å². The normalized spacial score (nSPS) is 12.8. The number of sulfonamides is 1. The SMILES string of the molecule is CC(C)(C(=O)O)C(=O)NS(=O)(=O)c1cccc(C(F)(F)F)c1. The van der Waals surface area contributed by atoms with Gasteiger partial charge in [-0.3, -0.25) is 9.59 Å². The van der Waals surface area contributed by atoms with Gasteiger partial charge in [-0.05, 0) is 32.0 Å². The summed E-state index contributed by atoms with van der Waals surface area (Å²) >= 11 is 0. The van der Waals surface area contributed by atoms with E-state index in [1.165, 1.54) is 4.72 Å². The topological polar surface area (TPSA) is 101 Å². The second kappa shape index (κ2) is 5.59. The molecule has 2 N–H and O–H groups in total. The monoisotopic (exact) mass is 339 g/mol. The summed E-state index contributed by atoms with van der Waals surface area (Å²) in [6.07, 6.45) is -4.75. The van der Waals surface area contributed by atoms with Crippen LogP contribution in [0.5, 0.6) is 0 Å². The molecule has 0 spiro atoms. The standard InChI is InChI=1S/C12H12F3NO5S/c1-11(2,10(18)19)9(17)16-22(20,21)8-5-3-4-7(6-8)12(13,14)15/h3-6H,1-2H3,(H,16,17)(H,18,19). The van der Waals surface area contributed by atoms with Crippen molar-refractivity contribution in [3.63, 3.8) is 0 Å². The molecule has 0 aliphatic rings. The number of hydrogen-bond donors (Lipinski definition) is 2. The number of nitrogens with one attached hydrogen (secondary N) is 1. The van der Waals surface area contributed by atoms with Gasteiger partial charge in [0.1, 0.15) is 5.41 Å². The minimum atomic E-state index is -4.75. The average Bonchev–Trinajstić information content (AvgIpc) is 2.37. The smallest absolute Gasteiger partial charge is 0.416 e. The summed E-state index contributed by atoms with van der Waals surface area (Å²) in [7, 11) is -4.62. The highest BCUT2D eigenvalue weighted by Gasteiger charge is 2.39. The van der Waals surface area contributed by atoms with Crippen molar-refractivity contribution in [2.75, 3.05) is 0 Å². The lowest BCUT2D eigenvalue weighted by Gasteiger charge is -2.18. The van der Waals surface area contributed by atoms with Crippen LogP contribution in [0.2, 0.25) is 0 Å². The Hall–Kier alpha value is -2.10. The van der Waals surface area contributed by atoms with Gasteiger partial charge in [-0.25, -0.2) is 13.1 Å². The van der Waals surface area contributed by atoms with Crippen LogP contribution in [0.4, 0.5) is 13.2 Å². The summed E-state index contributed by atoms with van der Waals surface area (Å²) in [6, 6.07) is 2.74. The van der Waals surface area contributed by atoms with Crippen LogP contribution < -0.4 is 4.72 Å². The zero-order chi connectivity index (χ0) is 17.3. The number of carboxylic acid groups (broad SMARTS) is 1. The van der Waals surface area contributed by atoms with Gasteiger partial charge in [0.25, 0.3) is 15.9 Å². The Morgan fingerprint density at radius 3 is 2.18 bits per heavy atom. The first-order valence-electron chi connectivity index (χ1n) is 5.76. The van der Waals surface area contributed by atoms with Gasteiger partial charge in [-0.1, -0.05) is 6.07 Å². The highest BCUT2D eigenvalue weighted by atomic mass is 32.2. The molecule has 0 heterocycles. The van der Waals surface area contributed by atoms with Crippen LogP contribution in [0.3, 0.4) is 0 Å². The van der Waals surface area contributed by atoms with Crippen LogP contribution in [-0.2, 0) is 25.8 Å². The van der Waals surface area contributed by atoms with E-state index in [-0.39, 0.29) is 0 Å². The number of amides is 1. The van der Waals surface area contributed by atoms with Crippen molar-refractivity contribution in [3.05, 3.63) is 29.8 Å². The lowest BCUT2D eigenvalue weighted by Crippen LogP contribution is -2.44. The summed E-state index contributed by atoms with van der Waals surface area (Å²) in [4.78, 5) is 21.8. The van der Waals surface area contributed by atoms with Crippen molar-refractivity contribution >= 4 is 21.9 Å². The molecule has 1 amide bonds. The maximum absolute atomic E-state index is 12.6. The molecule has 6 nitrogen and oxygen atoms in total. The highest BCUT2D eigenvalue weighted by molar-refractivity contribution is 7.90. The first-order chi connectivity index (χ1) is 9.78. The number of carbonyl (C=O) groups excluding carboxylic acids is 1. The van der Waals surface area contributed by atoms with Crippen molar-refractivity contribution in [1.82, 2.24) is 4.72 Å². The van der Waals surface area contributed by atoms with Gasteiger partial charge >= 0.3 is 12.1 Å². The van der Waals surface area contributed by atoms with E-state index in [9.17, 15) is 31.2 Å². The second-order valence-electron chi connectivity index (χ2n) is 4.89. The fourth-order valence-corrected chi connectivity index (χ4v) is 2.40. The third-order valence-corrected chi connectivity index (χ3v) is 4.13. The van der Waals surface area contributed by atoms with Crippen molar-refractivity contribution in [2.45, 2.75) is 24.9 Å². The van der Waals surface area contributed by atoms with Crippen LogP contribution in [0, 0.1) is 5.41 Å². The minimum Gasteiger partial charge on any atom is -0.480 e. The van der Waals surface area contributed by atoms with E-state index >= 15 is 0 Å². The van der Waals surface area contributed by atoms with E-state index in [0.717, 1.165) is 26.0 Å². The van der Waals surface area contributed by atoms with Crippen molar-refractivity contribution in [2.24, 2.45) is 5.41 Å². The molecule has 22 heavy (non-hydrogen) atoms. The predicted molar refractivity (Wildman–Crippen MR) is 68.2 cm³/mol. The molecule has 0 radical (unpaired) electrons. The number of carbonyl (C=O) groups is 2. The molecular formula is C12H12F3NO5S. The zero-order valence-electron chi connectivity index (χ0n) is 11.4. The number of aliphatic carboxylic acids is 1. The molecule has 1 rings (SSSR count). The van der Waals surface area contributed by atoms with Gasteiger partial charge in [0.15, 0.2) is 0 Å². The van der Waals surface area contributed by atoms with Crippen LogP contribution in [0.1, 0.15) is 19.4 Å². The molecular weight excluding hydrogens is 327 g/mol. The number of hydrogen-bond acceptors (Lipinski definition) is 4. The van der Waals surface area contributed by atoms with Gasteiger partial charge < -0.3 is 5.11 Å². The largest absolute Gasteiger partial charge is 0.480 e. The Morgan fingerprint density at radius 1 is 1.18 bits per heavy atom. The van der Waals surface area contributed by atoms with E-state index in [0.29, 0.717) is 12.1 Å². The Kier molecular flexibility index (Phi) is 4.56. The zero-order valence-corrected chi connectivity index (χ0v) is 12.2. The predicted octanol–water partition coefficient (Wildman–Crippen LogP) is 1.62. The third-order valence-electron chi connectivity index (χ3n) is 2.80. The summed E-state index contributed by atoms with van der Waals surface area (Å²) in [6.45, 7) is 1.93. The molecule has 0 unspecified atom stereocenters. The van der Waals surface area contributed by atoms with E-state index in [1.807, 2.05) is 0 Å². The van der Waals surface area contributed by atoms with E-state index in [2.05, 4.69) is 0 Å². The minimum absolute atomic E-state index is 0.351. The average molecular weight is 339 g/mol. The van der Waals surface area contributed by atoms with E-state index < -0.39 is 44.0 Å². The Balaban J connectivity index is 3.17. The molecule has 0 aromatic heterocycles. The number of rotatable bonds is 4. The van der Waals surface area contributed by atoms with Crippen LogP contribution in [0.25, 0.3) is 0 Å². The summed E-state index contributed by atoms with van der Waals surface area (Å²) in [5.41, 5.74) is -3.27. The Morgan fingerprint density at radius 2 is 1.73 bits per heavy atom. The lowest BCUT2D eigenvalue weighted by atomic mass is 9.93. The summed E-state index contributed by atoms with van der Waals surface area (Å²) < 4.78 is 62.9.